The lowest BCUT2D eigenvalue weighted by Gasteiger charge is -1.96. The van der Waals surface area contributed by atoms with Crippen LogP contribution in [-0.4, -0.2) is 6.61 Å². The number of ether oxygens (including phenoxy) is 1. The maximum atomic E-state index is 5.10. The average molecular weight is 159 g/mol. The largest absolute Gasteiger partial charge is 0.496 e. The molecular weight excluding hydrogens is 150 g/mol. The van der Waals surface area contributed by atoms with Gasteiger partial charge in [-0.05, 0) is 17.4 Å². The van der Waals surface area contributed by atoms with Gasteiger partial charge in [0, 0.05) is 0 Å². The molecule has 2 heteroatoms. The first kappa shape index (κ1) is 7.10. The fraction of sp³-hybridized carbons (Fsp3) is 0.100. The van der Waals surface area contributed by atoms with Crippen LogP contribution in [-0.2, 0) is 4.74 Å². The van der Waals surface area contributed by atoms with E-state index in [-0.39, 0.29) is 0 Å². The second kappa shape index (κ2) is 3.22. The summed E-state index contributed by atoms with van der Waals surface area (Å²) in [5, 5.41) is 2.12. The molecule has 0 fully saturated rings. The summed E-state index contributed by atoms with van der Waals surface area (Å²) >= 11 is 0. The third kappa shape index (κ3) is 1.37. The first-order chi connectivity index (χ1) is 5.97. The van der Waals surface area contributed by atoms with E-state index in [2.05, 4.69) is 4.99 Å². The van der Waals surface area contributed by atoms with Gasteiger partial charge in [0.25, 0.3) is 0 Å². The lowest BCUT2D eigenvalue weighted by atomic mass is 10.2. The van der Waals surface area contributed by atoms with E-state index in [9.17, 15) is 0 Å². The molecule has 0 N–H and O–H groups in total. The number of nitrogens with zero attached hydrogens (tertiary/aromatic N) is 1. The van der Waals surface area contributed by atoms with Crippen molar-refractivity contribution in [1.82, 2.24) is 0 Å². The van der Waals surface area contributed by atoms with Crippen molar-refractivity contribution in [2.45, 2.75) is 0 Å². The molecule has 0 atom stereocenters. The number of fused-ring (bicyclic) bond motifs is 1. The van der Waals surface area contributed by atoms with E-state index < -0.39 is 0 Å². The van der Waals surface area contributed by atoms with Crippen molar-refractivity contribution in [3.8, 4) is 0 Å². The Bertz CT molecular complexity index is 406. The van der Waals surface area contributed by atoms with Crippen LogP contribution in [0.3, 0.4) is 0 Å². The van der Waals surface area contributed by atoms with Crippen molar-refractivity contribution >= 4 is 6.08 Å². The predicted octanol–water partition coefficient (Wildman–Crippen LogP) is 0.588. The Balaban J connectivity index is 2.71. The van der Waals surface area contributed by atoms with Gasteiger partial charge in [-0.15, -0.1) is 0 Å². The summed E-state index contributed by atoms with van der Waals surface area (Å²) < 4.78 is 5.10. The minimum Gasteiger partial charge on any atom is -0.496 e. The smallest absolute Gasteiger partial charge is 0.107 e. The molecule has 0 unspecified atom stereocenters. The molecule has 0 aromatic heterocycles. The summed E-state index contributed by atoms with van der Waals surface area (Å²) in [4.78, 5) is 4.21. The van der Waals surface area contributed by atoms with Crippen molar-refractivity contribution in [3.05, 3.63) is 47.3 Å². The van der Waals surface area contributed by atoms with E-state index >= 15 is 0 Å². The number of hydrogen-bond donors (Lipinski definition) is 0. The highest BCUT2D eigenvalue weighted by Gasteiger charge is 1.86. The number of para-hydroxylation sites is 1. The molecule has 1 aliphatic rings. The Hall–Kier alpha value is -1.57. The van der Waals surface area contributed by atoms with E-state index in [1.807, 2.05) is 30.3 Å². The monoisotopic (exact) mass is 159 g/mol. The quantitative estimate of drug-likeness (QED) is 0.543. The summed E-state index contributed by atoms with van der Waals surface area (Å²) in [5.74, 6) is 0. The average Bonchev–Trinajstić information content (AvgIpc) is 2.06. The molecule has 1 aromatic carbocycles. The van der Waals surface area contributed by atoms with Crippen LogP contribution in [0.4, 0.5) is 0 Å². The van der Waals surface area contributed by atoms with Gasteiger partial charge in [0.15, 0.2) is 0 Å². The molecule has 2 rings (SSSR count). The normalized spacial score (nSPS) is 14.3. The minimum absolute atomic E-state index is 0.614. The zero-order valence-electron chi connectivity index (χ0n) is 6.60. The van der Waals surface area contributed by atoms with Gasteiger partial charge in [0.2, 0.25) is 0 Å². The van der Waals surface area contributed by atoms with Crippen molar-refractivity contribution in [2.75, 3.05) is 6.61 Å². The topological polar surface area (TPSA) is 21.6 Å². The van der Waals surface area contributed by atoms with Crippen molar-refractivity contribution < 1.29 is 4.74 Å². The van der Waals surface area contributed by atoms with Gasteiger partial charge in [-0.2, -0.15) is 0 Å². The van der Waals surface area contributed by atoms with Crippen LogP contribution in [0, 0.1) is 0 Å². The second-order valence-corrected chi connectivity index (χ2v) is 2.51. The Kier molecular flexibility index (Phi) is 1.90. The van der Waals surface area contributed by atoms with Gasteiger partial charge in [-0.25, -0.2) is 0 Å². The van der Waals surface area contributed by atoms with Crippen LogP contribution in [0.2, 0.25) is 0 Å². The standard InChI is InChI=1S/C10H9NO/c1-2-4-10-9(3-1)5-7-12-8-6-11-10/h1-6,8H,7H2. The van der Waals surface area contributed by atoms with Crippen LogP contribution >= 0.6 is 0 Å². The highest BCUT2D eigenvalue weighted by Crippen LogP contribution is 1.82. The number of hydrogen-bond acceptors (Lipinski definition) is 2. The van der Waals surface area contributed by atoms with Crippen molar-refractivity contribution in [2.24, 2.45) is 4.99 Å². The number of benzene rings is 1. The van der Waals surface area contributed by atoms with Crippen LogP contribution in [0.1, 0.15) is 0 Å². The van der Waals surface area contributed by atoms with Crippen molar-refractivity contribution in [1.29, 1.82) is 0 Å². The Morgan fingerprint density at radius 3 is 3.17 bits per heavy atom. The fourth-order valence-electron chi connectivity index (χ4n) is 1.12. The van der Waals surface area contributed by atoms with E-state index in [4.69, 9.17) is 4.74 Å². The summed E-state index contributed by atoms with van der Waals surface area (Å²) in [6.07, 6.45) is 5.29. The van der Waals surface area contributed by atoms with Gasteiger partial charge in [0.05, 0.1) is 11.6 Å². The highest BCUT2D eigenvalue weighted by atomic mass is 16.5. The Labute approximate surface area is 70.5 Å². The SMILES string of the molecule is C1=COCC=c2ccccc2=N1. The maximum Gasteiger partial charge on any atom is 0.107 e. The van der Waals surface area contributed by atoms with Crippen molar-refractivity contribution in [3.63, 3.8) is 0 Å². The first-order valence-electron chi connectivity index (χ1n) is 3.86. The molecule has 0 spiro atoms. The third-order valence-electron chi connectivity index (χ3n) is 1.71. The van der Waals surface area contributed by atoms with Gasteiger partial charge in [0.1, 0.15) is 12.9 Å². The molecule has 0 aliphatic carbocycles. The van der Waals surface area contributed by atoms with Crippen LogP contribution in [0.15, 0.2) is 41.7 Å². The van der Waals surface area contributed by atoms with Gasteiger partial charge in [-0.1, -0.05) is 18.2 Å². The molecular formula is C10H9NO. The molecule has 0 radical (unpaired) electrons. The third-order valence-corrected chi connectivity index (χ3v) is 1.71. The van der Waals surface area contributed by atoms with Gasteiger partial charge < -0.3 is 4.74 Å². The Morgan fingerprint density at radius 2 is 2.17 bits per heavy atom. The molecule has 60 valence electrons. The molecule has 0 amide bonds. The van der Waals surface area contributed by atoms with Crippen LogP contribution in [0.25, 0.3) is 6.08 Å². The fourth-order valence-corrected chi connectivity index (χ4v) is 1.12. The van der Waals surface area contributed by atoms with Crippen LogP contribution < -0.4 is 10.6 Å². The zero-order chi connectivity index (χ0) is 8.23. The molecule has 12 heavy (non-hydrogen) atoms. The summed E-state index contributed by atoms with van der Waals surface area (Å²) in [6.45, 7) is 0.614. The van der Waals surface area contributed by atoms with E-state index in [1.54, 1.807) is 12.5 Å². The molecule has 0 saturated carbocycles. The van der Waals surface area contributed by atoms with E-state index in [0.717, 1.165) is 10.6 Å². The van der Waals surface area contributed by atoms with E-state index in [1.165, 1.54) is 0 Å². The van der Waals surface area contributed by atoms with Crippen LogP contribution in [0.5, 0.6) is 0 Å². The zero-order valence-corrected chi connectivity index (χ0v) is 6.60. The molecule has 2 nitrogen and oxygen atoms in total. The van der Waals surface area contributed by atoms with Gasteiger partial charge in [-0.3, -0.25) is 4.99 Å². The predicted molar refractivity (Wildman–Crippen MR) is 46.8 cm³/mol. The first-order valence-corrected chi connectivity index (χ1v) is 3.86. The molecule has 1 heterocycles. The molecule has 1 aromatic rings. The Morgan fingerprint density at radius 1 is 1.25 bits per heavy atom. The molecule has 1 aliphatic heterocycles. The number of rotatable bonds is 0. The lowest BCUT2D eigenvalue weighted by Crippen LogP contribution is -2.24. The highest BCUT2D eigenvalue weighted by molar-refractivity contribution is 5.24. The lowest BCUT2D eigenvalue weighted by molar-refractivity contribution is 0.298. The minimum atomic E-state index is 0.614. The summed E-state index contributed by atoms with van der Waals surface area (Å²) in [7, 11) is 0. The maximum absolute atomic E-state index is 5.10. The molecule has 0 saturated heterocycles. The van der Waals surface area contributed by atoms with Gasteiger partial charge >= 0.3 is 0 Å². The summed E-state index contributed by atoms with van der Waals surface area (Å²) in [5.41, 5.74) is 0. The second-order valence-electron chi connectivity index (χ2n) is 2.51. The van der Waals surface area contributed by atoms with E-state index in [0.29, 0.717) is 6.61 Å². The summed E-state index contributed by atoms with van der Waals surface area (Å²) in [6, 6.07) is 7.99. The molecule has 0 bridgehead atoms.